The molecular weight excluding hydrogens is 320 g/mol. The van der Waals surface area contributed by atoms with Crippen LogP contribution in [0.4, 0.5) is 5.82 Å². The molecule has 0 bridgehead atoms. The summed E-state index contributed by atoms with van der Waals surface area (Å²) in [5, 5.41) is 4.22. The molecule has 0 saturated heterocycles. The summed E-state index contributed by atoms with van der Waals surface area (Å²) in [5.74, 6) is 1.86. The maximum Gasteiger partial charge on any atom is 0.282 e. The van der Waals surface area contributed by atoms with E-state index in [4.69, 9.17) is 17.2 Å². The number of amidine groups is 1. The molecule has 24 heavy (non-hydrogen) atoms. The first-order valence-electron chi connectivity index (χ1n) is 8.42. The fraction of sp³-hybridized carbons (Fsp3) is 0.412. The average molecular weight is 341 g/mol. The molecule has 1 atom stereocenters. The lowest BCUT2D eigenvalue weighted by Gasteiger charge is -2.39. The Labute approximate surface area is 146 Å². The van der Waals surface area contributed by atoms with Crippen LogP contribution in [-0.4, -0.2) is 38.5 Å². The van der Waals surface area contributed by atoms with E-state index in [0.29, 0.717) is 17.1 Å². The summed E-state index contributed by atoms with van der Waals surface area (Å²) < 4.78 is 0.704. The normalized spacial score (nSPS) is 24.7. The maximum atomic E-state index is 5.79. The number of fused-ring (bicyclic) bond motifs is 1. The minimum atomic E-state index is 0.561. The van der Waals surface area contributed by atoms with Gasteiger partial charge in [-0.3, -0.25) is 20.3 Å². The highest BCUT2D eigenvalue weighted by atomic mass is 32.1. The van der Waals surface area contributed by atoms with Gasteiger partial charge in [0.05, 0.1) is 19.4 Å². The molecule has 0 aromatic carbocycles. The lowest BCUT2D eigenvalue weighted by molar-refractivity contribution is 0.386. The van der Waals surface area contributed by atoms with Crippen LogP contribution >= 0.6 is 12.2 Å². The van der Waals surface area contributed by atoms with E-state index in [1.165, 1.54) is 12.8 Å². The summed E-state index contributed by atoms with van der Waals surface area (Å²) in [6.07, 6.45) is 8.82. The number of H-pyrrole nitrogens is 1. The Morgan fingerprint density at radius 3 is 2.83 bits per heavy atom. The van der Waals surface area contributed by atoms with Crippen molar-refractivity contribution in [2.24, 2.45) is 4.99 Å². The van der Waals surface area contributed by atoms with Gasteiger partial charge < -0.3 is 0 Å². The topological polar surface area (TPSA) is 66.0 Å². The van der Waals surface area contributed by atoms with Crippen LogP contribution in [0.15, 0.2) is 35.8 Å². The second-order valence-electron chi connectivity index (χ2n) is 6.37. The highest BCUT2D eigenvalue weighted by Crippen LogP contribution is 2.41. The van der Waals surface area contributed by atoms with E-state index in [1.54, 1.807) is 18.7 Å². The van der Waals surface area contributed by atoms with Gasteiger partial charge in [0.2, 0.25) is 5.82 Å². The molecule has 7 heteroatoms. The second kappa shape index (κ2) is 6.07. The summed E-state index contributed by atoms with van der Waals surface area (Å²) in [6.45, 7) is 3.77. The van der Waals surface area contributed by atoms with Crippen molar-refractivity contribution in [2.75, 3.05) is 6.54 Å². The summed E-state index contributed by atoms with van der Waals surface area (Å²) in [5.41, 5.74) is 2.02. The Hall–Kier alpha value is -2.12. The number of nitrogens with zero attached hydrogens (tertiary/aromatic N) is 4. The molecule has 2 aromatic rings. The third kappa shape index (κ3) is 2.44. The van der Waals surface area contributed by atoms with Crippen molar-refractivity contribution in [3.63, 3.8) is 0 Å². The molecule has 1 unspecified atom stereocenters. The van der Waals surface area contributed by atoms with Gasteiger partial charge in [0.25, 0.3) is 5.11 Å². The van der Waals surface area contributed by atoms with Crippen LogP contribution in [0.1, 0.15) is 37.4 Å². The first-order valence-corrected chi connectivity index (χ1v) is 8.83. The van der Waals surface area contributed by atoms with E-state index in [2.05, 4.69) is 27.2 Å². The number of aromatic amines is 1. The third-order valence-electron chi connectivity index (χ3n) is 4.75. The highest BCUT2D eigenvalue weighted by Gasteiger charge is 2.55. The Bertz CT molecular complexity index is 779. The van der Waals surface area contributed by atoms with Crippen LogP contribution in [0.3, 0.4) is 0 Å². The molecule has 2 aliphatic rings. The molecule has 124 valence electrons. The number of nitrogens with one attached hydrogen (secondary N) is 2. The fourth-order valence-corrected chi connectivity index (χ4v) is 3.94. The van der Waals surface area contributed by atoms with Gasteiger partial charge in [-0.2, -0.15) is 0 Å². The molecule has 2 aromatic heterocycles. The van der Waals surface area contributed by atoms with Crippen LogP contribution in [0.25, 0.3) is 0 Å². The van der Waals surface area contributed by atoms with Crippen molar-refractivity contribution < 1.29 is 0 Å². The second-order valence-corrected chi connectivity index (χ2v) is 6.76. The SMILES string of the molecule is CCC[N+]1(C2CC2)C(=S)NC(=NCc2ccncc2)c2nc[nH]c21. The molecule has 4 rings (SSSR count). The molecule has 0 spiro atoms. The predicted molar refractivity (Wildman–Crippen MR) is 98.8 cm³/mol. The van der Waals surface area contributed by atoms with Crippen LogP contribution in [0.5, 0.6) is 0 Å². The van der Waals surface area contributed by atoms with Gasteiger partial charge in [-0.25, -0.2) is 9.47 Å². The fourth-order valence-electron chi connectivity index (χ4n) is 3.51. The summed E-state index contributed by atoms with van der Waals surface area (Å²) in [7, 11) is 0. The van der Waals surface area contributed by atoms with Crippen molar-refractivity contribution in [1.82, 2.24) is 24.8 Å². The number of quaternary nitrogens is 1. The predicted octanol–water partition coefficient (Wildman–Crippen LogP) is 2.52. The summed E-state index contributed by atoms with van der Waals surface area (Å²) in [4.78, 5) is 16.7. The van der Waals surface area contributed by atoms with E-state index >= 15 is 0 Å². The number of rotatable bonds is 5. The lowest BCUT2D eigenvalue weighted by atomic mass is 10.2. The maximum absolute atomic E-state index is 5.79. The molecule has 1 aliphatic heterocycles. The Kier molecular flexibility index (Phi) is 3.90. The molecule has 0 amide bonds. The molecule has 1 fully saturated rings. The number of aliphatic imine (C=N–C) groups is 1. The monoisotopic (exact) mass is 341 g/mol. The average Bonchev–Trinajstić information content (AvgIpc) is 3.33. The van der Waals surface area contributed by atoms with E-state index in [1.807, 2.05) is 12.1 Å². The van der Waals surface area contributed by atoms with Crippen LogP contribution < -0.4 is 9.80 Å². The summed E-state index contributed by atoms with van der Waals surface area (Å²) >= 11 is 5.79. The molecule has 3 heterocycles. The first-order chi connectivity index (χ1) is 11.8. The first kappa shape index (κ1) is 15.4. The van der Waals surface area contributed by atoms with E-state index in [9.17, 15) is 0 Å². The number of pyridine rings is 1. The van der Waals surface area contributed by atoms with Crippen molar-refractivity contribution in [2.45, 2.75) is 38.8 Å². The van der Waals surface area contributed by atoms with Gasteiger partial charge in [-0.05, 0) is 24.1 Å². The molecule has 6 nitrogen and oxygen atoms in total. The van der Waals surface area contributed by atoms with Crippen molar-refractivity contribution in [3.8, 4) is 0 Å². The van der Waals surface area contributed by atoms with Crippen molar-refractivity contribution in [3.05, 3.63) is 42.1 Å². The van der Waals surface area contributed by atoms with Gasteiger partial charge in [0.15, 0.2) is 11.5 Å². The number of thiocarbonyl (C=S) groups is 1. The Morgan fingerprint density at radius 2 is 2.12 bits per heavy atom. The van der Waals surface area contributed by atoms with Gasteiger partial charge in [-0.15, -0.1) is 0 Å². The minimum Gasteiger partial charge on any atom is -0.299 e. The molecule has 1 saturated carbocycles. The van der Waals surface area contributed by atoms with Gasteiger partial charge in [0.1, 0.15) is 6.04 Å². The van der Waals surface area contributed by atoms with E-state index < -0.39 is 0 Å². The lowest BCUT2D eigenvalue weighted by Crippen LogP contribution is -2.65. The van der Waals surface area contributed by atoms with Crippen molar-refractivity contribution >= 4 is 29.0 Å². The summed E-state index contributed by atoms with van der Waals surface area (Å²) in [6, 6.07) is 4.50. The van der Waals surface area contributed by atoms with Gasteiger partial charge in [0, 0.05) is 37.5 Å². The number of hydrogen-bond acceptors (Lipinski definition) is 4. The number of imidazole rings is 1. The van der Waals surface area contributed by atoms with Crippen LogP contribution in [-0.2, 0) is 6.54 Å². The Balaban J connectivity index is 1.71. The zero-order valence-electron chi connectivity index (χ0n) is 13.7. The van der Waals surface area contributed by atoms with Crippen LogP contribution in [0.2, 0.25) is 0 Å². The smallest absolute Gasteiger partial charge is 0.282 e. The van der Waals surface area contributed by atoms with Gasteiger partial charge in [-0.1, -0.05) is 6.92 Å². The third-order valence-corrected chi connectivity index (χ3v) is 5.17. The largest absolute Gasteiger partial charge is 0.299 e. The zero-order valence-corrected chi connectivity index (χ0v) is 14.5. The van der Waals surface area contributed by atoms with E-state index in [-0.39, 0.29) is 0 Å². The van der Waals surface area contributed by atoms with E-state index in [0.717, 1.165) is 41.0 Å². The quantitative estimate of drug-likeness (QED) is 0.648. The zero-order chi connectivity index (χ0) is 16.6. The molecule has 2 N–H and O–H groups in total. The standard InChI is InChI=1S/C17H20N6S/c1-2-9-23(13-3-4-13)16-14(20-11-21-16)15(22-17(23)24)19-10-12-5-7-18-8-6-12/h5-8,11,13H,2-4,9-10H2,1H3,(H-,19,20,21,22,24)/p+1. The molecular formula is C17H21N6S+. The van der Waals surface area contributed by atoms with Crippen molar-refractivity contribution in [1.29, 1.82) is 0 Å². The Morgan fingerprint density at radius 1 is 1.33 bits per heavy atom. The van der Waals surface area contributed by atoms with Crippen LogP contribution in [0, 0.1) is 0 Å². The number of aromatic nitrogens is 3. The number of hydrogen-bond donors (Lipinski definition) is 2. The van der Waals surface area contributed by atoms with Gasteiger partial charge >= 0.3 is 0 Å². The molecule has 1 aliphatic carbocycles. The molecule has 0 radical (unpaired) electrons. The highest BCUT2D eigenvalue weighted by molar-refractivity contribution is 7.80. The minimum absolute atomic E-state index is 0.561.